The zero-order valence-corrected chi connectivity index (χ0v) is 30.0. The molecule has 2 aromatic heterocycles. The van der Waals surface area contributed by atoms with Crippen LogP contribution in [0.5, 0.6) is 0 Å². The lowest BCUT2D eigenvalue weighted by atomic mass is 10.0. The fraction of sp³-hybridized carbons (Fsp3) is 0.487. The summed E-state index contributed by atoms with van der Waals surface area (Å²) in [5, 5.41) is 2.16. The largest absolute Gasteiger partial charge is 0.444 e. The Morgan fingerprint density at radius 2 is 1.45 bits per heavy atom. The number of aromatic nitrogens is 4. The zero-order valence-electron chi connectivity index (χ0n) is 30.0. The Labute approximate surface area is 289 Å². The maximum Gasteiger partial charge on any atom is 0.411 e. The summed E-state index contributed by atoms with van der Waals surface area (Å²) in [6, 6.07) is 12.1. The highest BCUT2D eigenvalue weighted by atomic mass is 16.6. The topological polar surface area (TPSA) is 116 Å². The number of likely N-dealkylation sites (tertiary alicyclic amines) is 2. The van der Waals surface area contributed by atoms with Crippen molar-refractivity contribution >= 4 is 23.0 Å². The van der Waals surface area contributed by atoms with Crippen LogP contribution in [0.25, 0.3) is 22.0 Å². The summed E-state index contributed by atoms with van der Waals surface area (Å²) in [4.78, 5) is 45.8. The van der Waals surface area contributed by atoms with Gasteiger partial charge in [-0.3, -0.25) is 9.80 Å². The highest BCUT2D eigenvalue weighted by molar-refractivity contribution is 5.88. The Balaban J connectivity index is 1.16. The summed E-state index contributed by atoms with van der Waals surface area (Å²) in [6.45, 7) is 18.3. The van der Waals surface area contributed by atoms with Crippen LogP contribution in [0.2, 0.25) is 0 Å². The predicted molar refractivity (Wildman–Crippen MR) is 190 cm³/mol. The minimum absolute atomic E-state index is 0.0403. The number of hydrogen-bond acceptors (Lipinski definition) is 6. The van der Waals surface area contributed by atoms with Gasteiger partial charge in [0.15, 0.2) is 0 Å². The van der Waals surface area contributed by atoms with Crippen LogP contribution in [0, 0.1) is 23.7 Å². The lowest BCUT2D eigenvalue weighted by Gasteiger charge is -2.31. The van der Waals surface area contributed by atoms with Crippen molar-refractivity contribution in [3.63, 3.8) is 0 Å². The molecular formula is C39H48N6O4. The van der Waals surface area contributed by atoms with Crippen molar-refractivity contribution in [1.29, 1.82) is 0 Å². The van der Waals surface area contributed by atoms with Crippen molar-refractivity contribution in [2.24, 2.45) is 11.8 Å². The number of carbonyl (C=O) groups excluding carboxylic acids is 2. The number of carbonyl (C=O) groups is 2. The normalized spacial score (nSPS) is 22.7. The zero-order chi connectivity index (χ0) is 35.2. The van der Waals surface area contributed by atoms with Gasteiger partial charge < -0.3 is 19.4 Å². The van der Waals surface area contributed by atoms with Crippen molar-refractivity contribution in [1.82, 2.24) is 29.7 Å². The number of rotatable bonds is 3. The SMILES string of the molecule is C[C@H]1C[C@@H](c2ncc(-c3ccc4cc(C#Cc5cnc([C@@H]6C[C@@H](C)[C@@H](C)N6C(=O)OC(C)(C)C)[nH]5)ccc4c3)[nH]2)N(C(=O)OC(C)(C)C)C1. The molecule has 2 amide bonds. The molecule has 0 saturated carbocycles. The highest BCUT2D eigenvalue weighted by Gasteiger charge is 2.43. The number of H-pyrrole nitrogens is 2. The first kappa shape index (κ1) is 34.1. The van der Waals surface area contributed by atoms with Crippen molar-refractivity contribution in [2.45, 2.75) is 104 Å². The monoisotopic (exact) mass is 664 g/mol. The van der Waals surface area contributed by atoms with Crippen LogP contribution >= 0.6 is 0 Å². The first-order chi connectivity index (χ1) is 23.0. The molecule has 4 heterocycles. The number of ether oxygens (including phenoxy) is 2. The molecule has 0 bridgehead atoms. The van der Waals surface area contributed by atoms with Crippen molar-refractivity contribution in [3.05, 3.63) is 71.7 Å². The number of aromatic amines is 2. The van der Waals surface area contributed by atoms with E-state index >= 15 is 0 Å². The second kappa shape index (κ2) is 12.9. The van der Waals surface area contributed by atoms with E-state index in [1.54, 1.807) is 11.1 Å². The average Bonchev–Trinajstić information content (AvgIpc) is 3.81. The molecule has 0 spiro atoms. The third kappa shape index (κ3) is 7.61. The van der Waals surface area contributed by atoms with Gasteiger partial charge in [-0.25, -0.2) is 19.6 Å². The van der Waals surface area contributed by atoms with Gasteiger partial charge in [0.2, 0.25) is 0 Å². The van der Waals surface area contributed by atoms with Crippen LogP contribution in [0.3, 0.4) is 0 Å². The lowest BCUT2D eigenvalue weighted by molar-refractivity contribution is 0.0139. The Morgan fingerprint density at radius 3 is 2.18 bits per heavy atom. The summed E-state index contributed by atoms with van der Waals surface area (Å²) in [6.07, 6.45) is 4.58. The molecular weight excluding hydrogens is 616 g/mol. The number of imidazole rings is 2. The van der Waals surface area contributed by atoms with Crippen LogP contribution in [-0.4, -0.2) is 65.7 Å². The molecule has 49 heavy (non-hydrogen) atoms. The van der Waals surface area contributed by atoms with Gasteiger partial charge in [-0.15, -0.1) is 0 Å². The molecule has 0 aliphatic carbocycles. The molecule has 2 saturated heterocycles. The molecule has 2 fully saturated rings. The van der Waals surface area contributed by atoms with E-state index in [1.165, 1.54) is 0 Å². The van der Waals surface area contributed by atoms with E-state index in [0.717, 1.165) is 52.1 Å². The fourth-order valence-electron chi connectivity index (χ4n) is 6.75. The maximum absolute atomic E-state index is 13.1. The van der Waals surface area contributed by atoms with Gasteiger partial charge in [0, 0.05) is 23.7 Å². The molecule has 2 aliphatic rings. The molecule has 2 aliphatic heterocycles. The first-order valence-corrected chi connectivity index (χ1v) is 17.2. The van der Waals surface area contributed by atoms with Crippen LogP contribution in [0.1, 0.15) is 110 Å². The fourth-order valence-corrected chi connectivity index (χ4v) is 6.75. The third-order valence-corrected chi connectivity index (χ3v) is 9.25. The van der Waals surface area contributed by atoms with Gasteiger partial charge in [-0.1, -0.05) is 38.0 Å². The Hall–Kier alpha value is -4.78. The number of benzene rings is 2. The van der Waals surface area contributed by atoms with E-state index in [9.17, 15) is 9.59 Å². The van der Waals surface area contributed by atoms with Gasteiger partial charge in [0.05, 0.1) is 30.2 Å². The van der Waals surface area contributed by atoms with Gasteiger partial charge in [-0.05, 0) is 108 Å². The molecule has 10 heteroatoms. The number of amides is 2. The highest BCUT2D eigenvalue weighted by Crippen LogP contribution is 2.40. The summed E-state index contributed by atoms with van der Waals surface area (Å²) < 4.78 is 11.4. The Kier molecular flexibility index (Phi) is 8.99. The third-order valence-electron chi connectivity index (χ3n) is 9.25. The molecule has 0 unspecified atom stereocenters. The molecule has 10 nitrogen and oxygen atoms in total. The minimum atomic E-state index is -0.571. The Morgan fingerprint density at radius 1 is 0.796 bits per heavy atom. The second-order valence-electron chi connectivity index (χ2n) is 15.7. The van der Waals surface area contributed by atoms with Gasteiger partial charge in [-0.2, -0.15) is 0 Å². The quantitative estimate of drug-likeness (QED) is 0.213. The predicted octanol–water partition coefficient (Wildman–Crippen LogP) is 8.38. The van der Waals surface area contributed by atoms with Crippen molar-refractivity contribution in [2.75, 3.05) is 6.54 Å². The standard InChI is InChI=1S/C39H48N6O4/c1-23-16-32(44(22-23)36(46)48-38(4,5)6)34-41-21-31(43-34)29-14-13-27-18-26(10-12-28(27)19-29)11-15-30-20-40-35(42-30)33-17-24(2)25(3)45(33)37(47)49-39(7,8)9/h10,12-14,18-21,23-25,32-33H,16-17,22H2,1-9H3,(H,40,42)(H,41,43)/t23-,24+,25+,32-,33-/m0/s1. The van der Waals surface area contributed by atoms with E-state index in [0.29, 0.717) is 24.1 Å². The minimum Gasteiger partial charge on any atom is -0.444 e. The van der Waals surface area contributed by atoms with Crippen molar-refractivity contribution < 1.29 is 19.1 Å². The second-order valence-corrected chi connectivity index (χ2v) is 15.7. The Bertz CT molecular complexity index is 1920. The molecule has 258 valence electrons. The summed E-state index contributed by atoms with van der Waals surface area (Å²) in [5.74, 6) is 8.64. The van der Waals surface area contributed by atoms with Gasteiger partial charge in [0.25, 0.3) is 0 Å². The molecule has 0 radical (unpaired) electrons. The van der Waals surface area contributed by atoms with E-state index in [4.69, 9.17) is 9.47 Å². The van der Waals surface area contributed by atoms with Gasteiger partial charge in [0.1, 0.15) is 28.5 Å². The summed E-state index contributed by atoms with van der Waals surface area (Å²) in [5.41, 5.74) is 2.37. The van der Waals surface area contributed by atoms with E-state index in [2.05, 4.69) is 82.9 Å². The maximum atomic E-state index is 13.1. The number of nitrogens with zero attached hydrogens (tertiary/aromatic N) is 4. The molecule has 4 aromatic rings. The van der Waals surface area contributed by atoms with E-state index in [-0.39, 0.29) is 30.3 Å². The number of nitrogens with one attached hydrogen (secondary N) is 2. The molecule has 2 aromatic carbocycles. The lowest BCUT2D eigenvalue weighted by Crippen LogP contribution is -2.41. The summed E-state index contributed by atoms with van der Waals surface area (Å²) in [7, 11) is 0. The van der Waals surface area contributed by atoms with Crippen LogP contribution in [-0.2, 0) is 9.47 Å². The van der Waals surface area contributed by atoms with Crippen molar-refractivity contribution in [3.8, 4) is 23.1 Å². The molecule has 6 rings (SSSR count). The van der Waals surface area contributed by atoms with Crippen LogP contribution in [0.15, 0.2) is 48.8 Å². The number of fused-ring (bicyclic) bond motifs is 1. The average molecular weight is 665 g/mol. The molecule has 2 N–H and O–H groups in total. The van der Waals surface area contributed by atoms with Crippen LogP contribution in [0.4, 0.5) is 9.59 Å². The smallest absolute Gasteiger partial charge is 0.411 e. The summed E-state index contributed by atoms with van der Waals surface area (Å²) >= 11 is 0. The van der Waals surface area contributed by atoms with E-state index < -0.39 is 11.2 Å². The van der Waals surface area contributed by atoms with E-state index in [1.807, 2.05) is 58.7 Å². The first-order valence-electron chi connectivity index (χ1n) is 17.2. The molecule has 5 atom stereocenters. The van der Waals surface area contributed by atoms with Gasteiger partial charge >= 0.3 is 12.2 Å². The number of hydrogen-bond donors (Lipinski definition) is 2. The van der Waals surface area contributed by atoms with Crippen LogP contribution < -0.4 is 0 Å².